The van der Waals surface area contributed by atoms with Gasteiger partial charge in [0.05, 0.1) is 42.9 Å². The summed E-state index contributed by atoms with van der Waals surface area (Å²) in [4.78, 5) is 41.4. The molecule has 2 fully saturated rings. The molecule has 7 aromatic carbocycles. The van der Waals surface area contributed by atoms with Crippen molar-refractivity contribution in [2.24, 2.45) is 0 Å². The second-order valence-corrected chi connectivity index (χ2v) is 25.8. The summed E-state index contributed by atoms with van der Waals surface area (Å²) in [5.41, 5.74) is 8.36. The van der Waals surface area contributed by atoms with E-state index < -0.39 is 46.9 Å². The van der Waals surface area contributed by atoms with E-state index in [0.29, 0.717) is 101 Å². The predicted octanol–water partition coefficient (Wildman–Crippen LogP) is 13.5. The molecular formula is C77H70F9N9O6. The Hall–Kier alpha value is -10.2. The first-order valence-corrected chi connectivity index (χ1v) is 33.6. The van der Waals surface area contributed by atoms with Crippen LogP contribution in [0.15, 0.2) is 158 Å². The van der Waals surface area contributed by atoms with Gasteiger partial charge in [-0.2, -0.15) is 15.3 Å². The average Bonchev–Trinajstić information content (AvgIpc) is 1.61. The first kappa shape index (κ1) is 69.3. The van der Waals surface area contributed by atoms with Crippen molar-refractivity contribution in [3.05, 3.63) is 283 Å². The molecule has 2 saturated heterocycles. The standard InChI is InChI=1S/C28H24F3N3O2.C25H24F3N3O2.C24H22F3N3O2/c29-20-8-4-5-17(14-20)13-19-9-11-22-26(28(36)32-24(16-35)18-6-2-1-3-7-18)33-34(27(19)22)25-12-10-21(30)15-23(25)31;26-17-3-1-2-15(13-17)12-16-4-6-20-23(25(32)29-19-8-10-33-11-9-19)30-31(24(16)20)22-7-5-18(27)14-21(22)28;25-17-3-1-2-15(13-17)12-16-4-6-19-22(24(31)29-8-10-32-11-9-29)28-30(23(16)19)21-7-5-18(26)14-20(21)27/h1-8,10,12,14-15,19,24,35H,9,11,13,16H2,(H,32,36);1-3,5,7,13-14,16,19H,4,6,8-12H2,(H,29,32);1-3,5,7,13-14,16H,4,6,8-12H2/t19?,24-;;/m1../s1. The Morgan fingerprint density at radius 3 is 1.24 bits per heavy atom. The van der Waals surface area contributed by atoms with Gasteiger partial charge in [-0.05, 0) is 166 Å². The molecular weight excluding hydrogens is 1320 g/mol. The maximum Gasteiger partial charge on any atom is 0.274 e. The van der Waals surface area contributed by atoms with Gasteiger partial charge in [0.2, 0.25) is 0 Å². The summed E-state index contributed by atoms with van der Waals surface area (Å²) in [6.07, 6.45) is 6.85. The number of aromatic nitrogens is 6. The number of nitrogens with zero attached hydrogens (tertiary/aromatic N) is 7. The van der Waals surface area contributed by atoms with Crippen LogP contribution in [0.2, 0.25) is 0 Å². The van der Waals surface area contributed by atoms with Crippen LogP contribution in [0.4, 0.5) is 39.5 Å². The largest absolute Gasteiger partial charge is 0.394 e. The summed E-state index contributed by atoms with van der Waals surface area (Å²) < 4.78 is 141. The van der Waals surface area contributed by atoms with E-state index in [-0.39, 0.29) is 88.1 Å². The van der Waals surface area contributed by atoms with Crippen LogP contribution in [0.5, 0.6) is 0 Å². The molecule has 15 nitrogen and oxygen atoms in total. The fourth-order valence-corrected chi connectivity index (χ4v) is 14.4. The van der Waals surface area contributed by atoms with Crippen LogP contribution < -0.4 is 10.6 Å². The zero-order valence-electron chi connectivity index (χ0n) is 54.6. The molecule has 3 aromatic heterocycles. The van der Waals surface area contributed by atoms with Gasteiger partial charge in [0.25, 0.3) is 17.7 Å². The van der Waals surface area contributed by atoms with E-state index in [9.17, 15) is 59.0 Å². The molecule has 522 valence electrons. The number of fused-ring (bicyclic) bond motifs is 3. The minimum Gasteiger partial charge on any atom is -0.394 e. The number of carbonyl (C=O) groups is 3. The Morgan fingerprint density at radius 1 is 0.446 bits per heavy atom. The predicted molar refractivity (Wildman–Crippen MR) is 356 cm³/mol. The van der Waals surface area contributed by atoms with E-state index in [0.717, 1.165) is 94.7 Å². The van der Waals surface area contributed by atoms with Crippen molar-refractivity contribution in [3.63, 3.8) is 0 Å². The Labute approximate surface area is 575 Å². The maximum atomic E-state index is 14.8. The molecule has 5 aliphatic rings. The summed E-state index contributed by atoms with van der Waals surface area (Å²) in [5, 5.41) is 29.2. The third-order valence-corrected chi connectivity index (χ3v) is 19.2. The maximum absolute atomic E-state index is 14.8. The summed E-state index contributed by atoms with van der Waals surface area (Å²) in [7, 11) is 0. The Bertz CT molecular complexity index is 4690. The number of aliphatic hydroxyl groups excluding tert-OH is 1. The van der Waals surface area contributed by atoms with Crippen molar-refractivity contribution in [1.29, 1.82) is 0 Å². The van der Waals surface area contributed by atoms with Gasteiger partial charge < -0.3 is 30.1 Å². The highest BCUT2D eigenvalue weighted by Crippen LogP contribution is 2.43. The molecule has 24 heteroatoms. The third-order valence-electron chi connectivity index (χ3n) is 19.2. The number of aliphatic hydroxyl groups is 1. The molecule has 15 rings (SSSR count). The lowest BCUT2D eigenvalue weighted by atomic mass is 9.97. The molecule has 4 atom stereocenters. The number of hydrogen-bond acceptors (Lipinski definition) is 9. The van der Waals surface area contributed by atoms with Gasteiger partial charge in [-0.3, -0.25) is 14.4 Å². The molecule has 3 amide bonds. The van der Waals surface area contributed by atoms with Crippen LogP contribution in [0.25, 0.3) is 17.1 Å². The van der Waals surface area contributed by atoms with Gasteiger partial charge in [0.1, 0.15) is 52.0 Å². The fourth-order valence-electron chi connectivity index (χ4n) is 14.4. The van der Waals surface area contributed by atoms with Crippen LogP contribution in [-0.4, -0.2) is 109 Å². The SMILES string of the molecule is O=C(NC1CCOCC1)c1nn(-c2ccc(F)cc2F)c2c1CCC2Cc1cccc(F)c1.O=C(N[C@H](CO)c1ccccc1)c1nn(-c2ccc(F)cc2F)c2c1CCC2Cc1cccc(F)c1.O=C(c1nn(-c2ccc(F)cc2F)c2c1CCC2Cc1cccc(F)c1)N1CCOCC1. The molecule has 101 heavy (non-hydrogen) atoms. The number of ether oxygens (including phenoxy) is 2. The number of rotatable bonds is 16. The summed E-state index contributed by atoms with van der Waals surface area (Å²) in [5.74, 6) is -6.70. The average molecular weight is 1390 g/mol. The number of benzene rings is 7. The number of amides is 3. The lowest BCUT2D eigenvalue weighted by Gasteiger charge is -2.26. The molecule has 0 saturated carbocycles. The molecule has 3 unspecified atom stereocenters. The van der Waals surface area contributed by atoms with Gasteiger partial charge in [-0.25, -0.2) is 53.6 Å². The molecule has 3 N–H and O–H groups in total. The topological polar surface area (TPSA) is 171 Å². The minimum absolute atomic E-state index is 0.000832. The molecule has 0 spiro atoms. The molecule has 2 aliphatic heterocycles. The van der Waals surface area contributed by atoms with E-state index in [1.807, 2.05) is 36.4 Å². The molecule has 3 aliphatic carbocycles. The molecule has 0 radical (unpaired) electrons. The normalized spacial score (nSPS) is 17.2. The van der Waals surface area contributed by atoms with Gasteiger partial charge in [-0.1, -0.05) is 66.7 Å². The zero-order valence-corrected chi connectivity index (χ0v) is 54.6. The van der Waals surface area contributed by atoms with Crippen LogP contribution in [0.3, 0.4) is 0 Å². The molecule has 10 aromatic rings. The first-order valence-electron chi connectivity index (χ1n) is 33.6. The molecule has 0 bridgehead atoms. The number of nitrogens with one attached hydrogen (secondary N) is 2. The van der Waals surface area contributed by atoms with Crippen molar-refractivity contribution in [2.75, 3.05) is 46.1 Å². The Balaban J connectivity index is 0.000000136. The van der Waals surface area contributed by atoms with Crippen molar-refractivity contribution in [1.82, 2.24) is 44.9 Å². The number of hydrogen-bond donors (Lipinski definition) is 3. The summed E-state index contributed by atoms with van der Waals surface area (Å²) >= 11 is 0. The van der Waals surface area contributed by atoms with Crippen molar-refractivity contribution < 1.29 is 68.5 Å². The monoisotopic (exact) mass is 1390 g/mol. The van der Waals surface area contributed by atoms with E-state index in [4.69, 9.17) is 9.47 Å². The van der Waals surface area contributed by atoms with Crippen LogP contribution in [-0.2, 0) is 48.0 Å². The fraction of sp³-hybridized carbons (Fsp3) is 0.299. The number of halogens is 9. The minimum atomic E-state index is -0.804. The second-order valence-electron chi connectivity index (χ2n) is 25.8. The lowest BCUT2D eigenvalue weighted by molar-refractivity contribution is 0.0298. The van der Waals surface area contributed by atoms with Crippen LogP contribution in [0.1, 0.15) is 143 Å². The quantitative estimate of drug-likeness (QED) is 0.0797. The Morgan fingerprint density at radius 2 is 0.832 bits per heavy atom. The van der Waals surface area contributed by atoms with Gasteiger partial charge in [-0.15, -0.1) is 0 Å². The summed E-state index contributed by atoms with van der Waals surface area (Å²) in [6, 6.07) is 37.3. The zero-order chi connectivity index (χ0) is 70.4. The number of morpholine rings is 1. The first-order chi connectivity index (χ1) is 48.9. The molecule has 5 heterocycles. The van der Waals surface area contributed by atoms with Gasteiger partial charge in [0, 0.05) is 85.0 Å². The smallest absolute Gasteiger partial charge is 0.274 e. The second kappa shape index (κ2) is 30.7. The van der Waals surface area contributed by atoms with E-state index in [1.165, 1.54) is 80.8 Å². The van der Waals surface area contributed by atoms with E-state index in [2.05, 4.69) is 25.9 Å². The van der Waals surface area contributed by atoms with Crippen LogP contribution >= 0.6 is 0 Å². The number of carbonyl (C=O) groups excluding carboxylic acids is 3. The summed E-state index contributed by atoms with van der Waals surface area (Å²) in [6.45, 7) is 2.73. The van der Waals surface area contributed by atoms with E-state index in [1.54, 1.807) is 35.2 Å². The van der Waals surface area contributed by atoms with Crippen molar-refractivity contribution >= 4 is 17.7 Å². The van der Waals surface area contributed by atoms with Crippen molar-refractivity contribution in [3.8, 4) is 17.1 Å². The van der Waals surface area contributed by atoms with Crippen LogP contribution in [0, 0.1) is 52.4 Å². The highest BCUT2D eigenvalue weighted by atomic mass is 19.2. The Kier molecular flexibility index (Phi) is 21.1. The van der Waals surface area contributed by atoms with Crippen molar-refractivity contribution in [2.45, 2.75) is 100 Å². The van der Waals surface area contributed by atoms with Gasteiger partial charge >= 0.3 is 0 Å². The highest BCUT2D eigenvalue weighted by Gasteiger charge is 2.39. The van der Waals surface area contributed by atoms with Gasteiger partial charge in [0.15, 0.2) is 34.5 Å². The van der Waals surface area contributed by atoms with E-state index >= 15 is 0 Å². The third kappa shape index (κ3) is 15.4. The lowest BCUT2D eigenvalue weighted by Crippen LogP contribution is -2.41. The highest BCUT2D eigenvalue weighted by molar-refractivity contribution is 5.96.